The summed E-state index contributed by atoms with van der Waals surface area (Å²) in [4.78, 5) is 53.6. The minimum Gasteiger partial charge on any atom is -0.481 e. The number of rotatable bonds is 11. The number of thiol groups is 1. The monoisotopic (exact) mass is 712 g/mol. The summed E-state index contributed by atoms with van der Waals surface area (Å²) in [5.74, 6) is -0.602. The summed E-state index contributed by atoms with van der Waals surface area (Å²) in [5.41, 5.74) is -0.0569. The molecule has 2 saturated heterocycles. The minimum absolute atomic E-state index is 0. The molecule has 2 N–H and O–H groups in total. The molecule has 2 aliphatic heterocycles. The predicted octanol–water partition coefficient (Wildman–Crippen LogP) is 5.66. The largest absolute Gasteiger partial charge is 0.481 e. The molecule has 6 unspecified atom stereocenters. The van der Waals surface area contributed by atoms with Gasteiger partial charge < -0.3 is 33.9 Å². The van der Waals surface area contributed by atoms with Gasteiger partial charge >= 0.3 is 29.8 Å². The molecule has 0 aromatic heterocycles. The standard InChI is InChI=1S/C15H26O5S.C13H22O5.C4H8O2S.CH4/c1-8(14(17)18)7-21-15-11(4)9(2)10(3)13(20-15)6-19-12(5)16;1-7-8(2)12(6-16-10(4)14)18-13(9(7)3)17-11(5)15;1-3(2-7)4(5)6;/h8-11,13,15H,6-7H2,1-5H3,(H,17,18);7-9,12-13H,6H2,1-5H3;3,7H,2H2,1H3,(H,5,6);1H4/t8?,9-,10-,11?,13?,15-;7-,8-,9?,12?,13+;;/m00../s1. The number of aliphatic carboxylic acids is 2. The molecule has 0 bridgehead atoms. The Morgan fingerprint density at radius 1 is 0.681 bits per heavy atom. The molecule has 2 heterocycles. The first-order valence-electron chi connectivity index (χ1n) is 15.7. The second-order valence-corrected chi connectivity index (χ2v) is 13.9. The number of hydrogen-bond acceptors (Lipinski definition) is 12. The topological polar surface area (TPSA) is 172 Å². The van der Waals surface area contributed by atoms with E-state index >= 15 is 0 Å². The smallest absolute Gasteiger partial charge is 0.307 e. The number of thioether (sulfide) groups is 1. The highest BCUT2D eigenvalue weighted by Crippen LogP contribution is 2.40. The van der Waals surface area contributed by atoms with E-state index in [4.69, 9.17) is 33.9 Å². The van der Waals surface area contributed by atoms with Gasteiger partial charge in [0.2, 0.25) is 6.29 Å². The highest BCUT2D eigenvalue weighted by molar-refractivity contribution is 7.99. The van der Waals surface area contributed by atoms with Crippen LogP contribution in [0.15, 0.2) is 0 Å². The van der Waals surface area contributed by atoms with Crippen LogP contribution >= 0.6 is 24.4 Å². The highest BCUT2D eigenvalue weighted by atomic mass is 32.2. The summed E-state index contributed by atoms with van der Waals surface area (Å²) in [6.45, 7) is 20.5. The normalized spacial score (nSPS) is 31.1. The third-order valence-corrected chi connectivity index (χ3v) is 10.9. The van der Waals surface area contributed by atoms with Gasteiger partial charge in [0.1, 0.15) is 18.6 Å². The van der Waals surface area contributed by atoms with Gasteiger partial charge in [-0.25, -0.2) is 0 Å². The number of carbonyl (C=O) groups is 5. The molecule has 0 aromatic rings. The molecule has 0 saturated carbocycles. The number of esters is 3. The van der Waals surface area contributed by atoms with E-state index < -0.39 is 24.1 Å². The SMILES string of the molecule is C.CC(=O)OCC1O[C@@H](OC(C)=O)C(C)[C@@H](C)[C@@H]1C.CC(=O)OCC1O[C@@H](SCC(C)C(=O)O)C(C)[C@@H](C)[C@@H]1C.CC(CS)C(=O)O. The molecule has 276 valence electrons. The molecule has 0 radical (unpaired) electrons. The average molecular weight is 713 g/mol. The second-order valence-electron chi connectivity index (χ2n) is 12.4. The molecule has 14 heteroatoms. The van der Waals surface area contributed by atoms with Crippen LogP contribution in [0.3, 0.4) is 0 Å². The molecule has 0 spiro atoms. The van der Waals surface area contributed by atoms with Crippen molar-refractivity contribution in [3.63, 3.8) is 0 Å². The van der Waals surface area contributed by atoms with Crippen LogP contribution in [-0.4, -0.2) is 88.7 Å². The third-order valence-electron chi connectivity index (χ3n) is 8.78. The van der Waals surface area contributed by atoms with Gasteiger partial charge in [0.15, 0.2) is 0 Å². The lowest BCUT2D eigenvalue weighted by Crippen LogP contribution is -2.48. The van der Waals surface area contributed by atoms with Gasteiger partial charge in [-0.05, 0) is 29.6 Å². The van der Waals surface area contributed by atoms with E-state index in [1.807, 2.05) is 6.92 Å². The van der Waals surface area contributed by atoms with Crippen LogP contribution in [0.25, 0.3) is 0 Å². The van der Waals surface area contributed by atoms with Gasteiger partial charge in [-0.2, -0.15) is 12.6 Å². The summed E-state index contributed by atoms with van der Waals surface area (Å²) in [5, 5.41) is 17.1. The van der Waals surface area contributed by atoms with Crippen LogP contribution in [0.5, 0.6) is 0 Å². The number of carbonyl (C=O) groups excluding carboxylic acids is 3. The molecule has 2 rings (SSSR count). The van der Waals surface area contributed by atoms with E-state index in [-0.39, 0.29) is 73.9 Å². The molecule has 0 aromatic carbocycles. The summed E-state index contributed by atoms with van der Waals surface area (Å²) in [6, 6.07) is 0. The van der Waals surface area contributed by atoms with Crippen molar-refractivity contribution >= 4 is 54.2 Å². The van der Waals surface area contributed by atoms with E-state index in [1.165, 1.54) is 20.8 Å². The molecule has 2 aliphatic rings. The van der Waals surface area contributed by atoms with Crippen LogP contribution in [0.4, 0.5) is 0 Å². The maximum atomic E-state index is 11.0. The Hall–Kier alpha value is -2.03. The Kier molecular flexibility index (Phi) is 23.4. The second kappa shape index (κ2) is 23.3. The molecule has 12 atom stereocenters. The Bertz CT molecular complexity index is 977. The van der Waals surface area contributed by atoms with Crippen molar-refractivity contribution in [2.75, 3.05) is 24.7 Å². The number of carboxylic acids is 2. The average Bonchev–Trinajstić information content (AvgIpc) is 2.98. The van der Waals surface area contributed by atoms with Gasteiger partial charge in [0.25, 0.3) is 0 Å². The first-order valence-corrected chi connectivity index (χ1v) is 17.4. The fraction of sp³-hybridized carbons (Fsp3) is 0.848. The molecular formula is C33H60O12S2. The van der Waals surface area contributed by atoms with Crippen LogP contribution in [-0.2, 0) is 47.7 Å². The van der Waals surface area contributed by atoms with Gasteiger partial charge in [-0.15, -0.1) is 11.8 Å². The van der Waals surface area contributed by atoms with Gasteiger partial charge in [-0.1, -0.05) is 62.8 Å². The Morgan fingerprint density at radius 3 is 1.47 bits per heavy atom. The zero-order valence-electron chi connectivity index (χ0n) is 29.1. The lowest BCUT2D eigenvalue weighted by atomic mass is 9.79. The van der Waals surface area contributed by atoms with Crippen LogP contribution in [0.2, 0.25) is 0 Å². The van der Waals surface area contributed by atoms with Crippen LogP contribution in [0, 0.1) is 47.3 Å². The van der Waals surface area contributed by atoms with E-state index in [0.29, 0.717) is 35.2 Å². The van der Waals surface area contributed by atoms with E-state index in [0.717, 1.165) is 0 Å². The summed E-state index contributed by atoms with van der Waals surface area (Å²) < 4.78 is 27.0. The number of carboxylic acid groups (broad SMARTS) is 2. The van der Waals surface area contributed by atoms with E-state index in [1.54, 1.807) is 25.6 Å². The fourth-order valence-corrected chi connectivity index (χ4v) is 6.18. The van der Waals surface area contributed by atoms with Crippen molar-refractivity contribution in [3.8, 4) is 0 Å². The Labute approximate surface area is 291 Å². The number of hydrogen-bond donors (Lipinski definition) is 3. The first kappa shape index (κ1) is 47.1. The van der Waals surface area contributed by atoms with E-state index in [9.17, 15) is 24.0 Å². The quantitative estimate of drug-likeness (QED) is 0.136. The van der Waals surface area contributed by atoms with Gasteiger partial charge in [0.05, 0.1) is 24.0 Å². The van der Waals surface area contributed by atoms with Crippen LogP contribution < -0.4 is 0 Å². The van der Waals surface area contributed by atoms with Crippen molar-refractivity contribution < 1.29 is 57.9 Å². The molecule has 0 aliphatic carbocycles. The van der Waals surface area contributed by atoms with Gasteiger partial charge in [0, 0.05) is 38.2 Å². The molecule has 0 amide bonds. The fourth-order valence-electron chi connectivity index (χ4n) is 4.63. The van der Waals surface area contributed by atoms with Crippen LogP contribution in [0.1, 0.15) is 83.6 Å². The maximum absolute atomic E-state index is 11.0. The molecular weight excluding hydrogens is 652 g/mol. The Morgan fingerprint density at radius 2 is 1.11 bits per heavy atom. The highest BCUT2D eigenvalue weighted by Gasteiger charge is 2.41. The van der Waals surface area contributed by atoms with Crippen molar-refractivity contribution in [2.24, 2.45) is 47.3 Å². The lowest BCUT2D eigenvalue weighted by Gasteiger charge is -2.43. The predicted molar refractivity (Wildman–Crippen MR) is 184 cm³/mol. The third kappa shape index (κ3) is 17.3. The number of ether oxygens (including phenoxy) is 5. The molecule has 12 nitrogen and oxygen atoms in total. The summed E-state index contributed by atoms with van der Waals surface area (Å²) >= 11 is 5.32. The van der Waals surface area contributed by atoms with Crippen molar-refractivity contribution in [3.05, 3.63) is 0 Å². The Balaban J connectivity index is 0. The van der Waals surface area contributed by atoms with Crippen molar-refractivity contribution in [2.45, 2.75) is 108 Å². The van der Waals surface area contributed by atoms with Crippen molar-refractivity contribution in [1.82, 2.24) is 0 Å². The maximum Gasteiger partial charge on any atom is 0.307 e. The summed E-state index contributed by atoms with van der Waals surface area (Å²) in [7, 11) is 0. The zero-order valence-corrected chi connectivity index (χ0v) is 30.8. The van der Waals surface area contributed by atoms with Crippen molar-refractivity contribution in [1.29, 1.82) is 0 Å². The first-order chi connectivity index (χ1) is 21.2. The van der Waals surface area contributed by atoms with E-state index in [2.05, 4.69) is 47.2 Å². The molecule has 2 fully saturated rings. The zero-order chi connectivity index (χ0) is 35.9. The lowest BCUT2D eigenvalue weighted by molar-refractivity contribution is -0.248. The summed E-state index contributed by atoms with van der Waals surface area (Å²) in [6.07, 6.45) is -0.920. The molecule has 47 heavy (non-hydrogen) atoms. The van der Waals surface area contributed by atoms with Gasteiger partial charge in [-0.3, -0.25) is 24.0 Å². The minimum atomic E-state index is -0.788.